The minimum atomic E-state index is -1.06. The van der Waals surface area contributed by atoms with Gasteiger partial charge in [0, 0.05) is 19.0 Å². The first-order valence-corrected chi connectivity index (χ1v) is 7.47. The molecule has 0 radical (unpaired) electrons. The zero-order valence-corrected chi connectivity index (χ0v) is 12.3. The largest absolute Gasteiger partial charge is 0.480 e. The maximum Gasteiger partial charge on any atom is 0.326 e. The second-order valence-corrected chi connectivity index (χ2v) is 5.47. The first-order chi connectivity index (χ1) is 9.49. The molecule has 0 aromatic carbocycles. The van der Waals surface area contributed by atoms with Crippen LogP contribution in [0.5, 0.6) is 0 Å². The summed E-state index contributed by atoms with van der Waals surface area (Å²) < 4.78 is 0. The topological polar surface area (TPSA) is 89.9 Å². The van der Waals surface area contributed by atoms with Gasteiger partial charge in [-0.15, -0.1) is 0 Å². The number of carboxylic acid groups (broad SMARTS) is 1. The monoisotopic (exact) mass is 286 g/mol. The molecule has 2 amide bonds. The van der Waals surface area contributed by atoms with Crippen LogP contribution in [0.3, 0.4) is 0 Å². The lowest BCUT2D eigenvalue weighted by Gasteiger charge is -2.25. The van der Waals surface area contributed by atoms with E-state index in [-0.39, 0.29) is 25.0 Å². The van der Waals surface area contributed by atoms with Crippen LogP contribution in [-0.2, 0) is 4.79 Å². The third-order valence-electron chi connectivity index (χ3n) is 3.70. The summed E-state index contributed by atoms with van der Waals surface area (Å²) in [5.74, 6) is -1.06. The van der Waals surface area contributed by atoms with Crippen molar-refractivity contribution in [1.29, 1.82) is 0 Å². The highest BCUT2D eigenvalue weighted by Gasteiger charge is 2.39. The second-order valence-electron chi connectivity index (χ2n) is 5.47. The Morgan fingerprint density at radius 1 is 1.30 bits per heavy atom. The maximum absolute atomic E-state index is 12.2. The number of aliphatic carboxylic acids is 1. The summed E-state index contributed by atoms with van der Waals surface area (Å²) in [6.07, 6.45) is 4.23. The molecule has 0 spiro atoms. The molecule has 116 valence electrons. The molecule has 6 nitrogen and oxygen atoms in total. The zero-order valence-electron chi connectivity index (χ0n) is 12.3. The number of carbonyl (C=O) groups excluding carboxylic acids is 1. The smallest absolute Gasteiger partial charge is 0.326 e. The molecule has 3 atom stereocenters. The quantitative estimate of drug-likeness (QED) is 0.662. The first kappa shape index (κ1) is 16.8. The normalized spacial score (nSPS) is 23.6. The molecular formula is C14H26N2O4. The summed E-state index contributed by atoms with van der Waals surface area (Å²) >= 11 is 0. The van der Waals surface area contributed by atoms with Gasteiger partial charge < -0.3 is 20.4 Å². The Labute approximate surface area is 120 Å². The van der Waals surface area contributed by atoms with E-state index in [1.54, 1.807) is 0 Å². The van der Waals surface area contributed by atoms with Gasteiger partial charge in [-0.3, -0.25) is 0 Å². The van der Waals surface area contributed by atoms with Gasteiger partial charge in [0.1, 0.15) is 6.04 Å². The van der Waals surface area contributed by atoms with Crippen LogP contribution in [0.25, 0.3) is 0 Å². The van der Waals surface area contributed by atoms with Crippen LogP contribution in [0.4, 0.5) is 4.79 Å². The highest BCUT2D eigenvalue weighted by atomic mass is 16.4. The summed E-state index contributed by atoms with van der Waals surface area (Å²) in [4.78, 5) is 24.5. The van der Waals surface area contributed by atoms with E-state index in [0.29, 0.717) is 0 Å². The van der Waals surface area contributed by atoms with Crippen LogP contribution in [-0.4, -0.2) is 51.8 Å². The molecule has 1 saturated heterocycles. The number of hydrogen-bond acceptors (Lipinski definition) is 3. The molecule has 1 aliphatic rings. The number of nitrogens with zero attached hydrogens (tertiary/aromatic N) is 1. The Morgan fingerprint density at radius 2 is 2.00 bits per heavy atom. The SMILES string of the molecule is CCCCC(CCC)NC(=O)N1CC(O)CC1C(=O)O. The van der Waals surface area contributed by atoms with E-state index in [2.05, 4.69) is 19.2 Å². The molecule has 3 N–H and O–H groups in total. The highest BCUT2D eigenvalue weighted by Crippen LogP contribution is 2.19. The Kier molecular flexibility index (Phi) is 6.78. The summed E-state index contributed by atoms with van der Waals surface area (Å²) in [6.45, 7) is 4.25. The van der Waals surface area contributed by atoms with Crippen molar-refractivity contribution >= 4 is 12.0 Å². The van der Waals surface area contributed by atoms with E-state index in [1.807, 2.05) is 0 Å². The third-order valence-corrected chi connectivity index (χ3v) is 3.70. The van der Waals surface area contributed by atoms with Crippen LogP contribution >= 0.6 is 0 Å². The molecular weight excluding hydrogens is 260 g/mol. The predicted octanol–water partition coefficient (Wildman–Crippen LogP) is 1.57. The Balaban J connectivity index is 2.60. The van der Waals surface area contributed by atoms with Gasteiger partial charge in [0.2, 0.25) is 0 Å². The molecule has 6 heteroatoms. The minimum Gasteiger partial charge on any atom is -0.480 e. The van der Waals surface area contributed by atoms with Crippen molar-refractivity contribution in [3.8, 4) is 0 Å². The van der Waals surface area contributed by atoms with Gasteiger partial charge in [-0.2, -0.15) is 0 Å². The van der Waals surface area contributed by atoms with E-state index in [9.17, 15) is 14.7 Å². The van der Waals surface area contributed by atoms with Gasteiger partial charge in [0.15, 0.2) is 0 Å². The third kappa shape index (κ3) is 4.67. The lowest BCUT2D eigenvalue weighted by molar-refractivity contribution is -0.141. The first-order valence-electron chi connectivity index (χ1n) is 7.47. The van der Waals surface area contributed by atoms with Crippen LogP contribution in [0.15, 0.2) is 0 Å². The Hall–Kier alpha value is -1.30. The predicted molar refractivity (Wildman–Crippen MR) is 75.5 cm³/mol. The number of hydrogen-bond donors (Lipinski definition) is 3. The van der Waals surface area contributed by atoms with Crippen molar-refractivity contribution < 1.29 is 19.8 Å². The van der Waals surface area contributed by atoms with Crippen LogP contribution in [0, 0.1) is 0 Å². The molecule has 0 aromatic heterocycles. The lowest BCUT2D eigenvalue weighted by Crippen LogP contribution is -2.49. The standard InChI is InChI=1S/C14H26N2O4/c1-3-5-7-10(6-4-2)15-14(20)16-9-11(17)8-12(16)13(18)19/h10-12,17H,3-9H2,1-2H3,(H,15,20)(H,18,19). The molecule has 0 bridgehead atoms. The molecule has 3 unspecified atom stereocenters. The van der Waals surface area contributed by atoms with E-state index in [1.165, 1.54) is 4.90 Å². The number of likely N-dealkylation sites (tertiary alicyclic amines) is 1. The molecule has 0 saturated carbocycles. The average Bonchev–Trinajstić information content (AvgIpc) is 2.78. The number of rotatable bonds is 7. The number of carboxylic acids is 1. The molecule has 1 fully saturated rings. The summed E-state index contributed by atoms with van der Waals surface area (Å²) in [7, 11) is 0. The van der Waals surface area contributed by atoms with Crippen LogP contribution in [0.1, 0.15) is 52.4 Å². The van der Waals surface area contributed by atoms with Crippen molar-refractivity contribution in [2.75, 3.05) is 6.54 Å². The molecule has 1 heterocycles. The van der Waals surface area contributed by atoms with Crippen LogP contribution in [0.2, 0.25) is 0 Å². The van der Waals surface area contributed by atoms with Crippen LogP contribution < -0.4 is 5.32 Å². The summed E-state index contributed by atoms with van der Waals surface area (Å²) in [5, 5.41) is 21.6. The maximum atomic E-state index is 12.2. The summed E-state index contributed by atoms with van der Waals surface area (Å²) in [6, 6.07) is -1.21. The summed E-state index contributed by atoms with van der Waals surface area (Å²) in [5.41, 5.74) is 0. The Bertz CT molecular complexity index is 335. The van der Waals surface area contributed by atoms with Crippen molar-refractivity contribution in [2.45, 2.75) is 70.6 Å². The zero-order chi connectivity index (χ0) is 15.1. The number of aliphatic hydroxyl groups excluding tert-OH is 1. The van der Waals surface area contributed by atoms with Gasteiger partial charge in [-0.05, 0) is 12.8 Å². The fraction of sp³-hybridized carbons (Fsp3) is 0.857. The number of aliphatic hydroxyl groups is 1. The van der Waals surface area contributed by atoms with Crippen molar-refractivity contribution in [1.82, 2.24) is 10.2 Å². The fourth-order valence-corrected chi connectivity index (χ4v) is 2.62. The van der Waals surface area contributed by atoms with E-state index < -0.39 is 18.1 Å². The van der Waals surface area contributed by atoms with E-state index in [4.69, 9.17) is 5.11 Å². The van der Waals surface area contributed by atoms with E-state index >= 15 is 0 Å². The van der Waals surface area contributed by atoms with Gasteiger partial charge in [-0.25, -0.2) is 9.59 Å². The molecule has 20 heavy (non-hydrogen) atoms. The number of amides is 2. The van der Waals surface area contributed by atoms with Gasteiger partial charge in [-0.1, -0.05) is 33.1 Å². The highest BCUT2D eigenvalue weighted by molar-refractivity contribution is 5.83. The fourth-order valence-electron chi connectivity index (χ4n) is 2.62. The lowest BCUT2D eigenvalue weighted by atomic mass is 10.1. The number of unbranched alkanes of at least 4 members (excludes halogenated alkanes) is 1. The second kappa shape index (κ2) is 8.09. The van der Waals surface area contributed by atoms with E-state index in [0.717, 1.165) is 32.1 Å². The van der Waals surface area contributed by atoms with Gasteiger partial charge in [0.05, 0.1) is 6.10 Å². The van der Waals surface area contributed by atoms with Gasteiger partial charge in [0.25, 0.3) is 0 Å². The number of β-amino-alcohol motifs (C(OH)–C–C–N with tert-alkyl or cyclic N) is 1. The van der Waals surface area contributed by atoms with Crippen molar-refractivity contribution in [2.24, 2.45) is 0 Å². The average molecular weight is 286 g/mol. The molecule has 1 rings (SSSR count). The Morgan fingerprint density at radius 3 is 2.55 bits per heavy atom. The minimum absolute atomic E-state index is 0.0830. The molecule has 1 aliphatic heterocycles. The number of carbonyl (C=O) groups is 2. The van der Waals surface area contributed by atoms with Crippen molar-refractivity contribution in [3.63, 3.8) is 0 Å². The van der Waals surface area contributed by atoms with Gasteiger partial charge >= 0.3 is 12.0 Å². The number of urea groups is 1. The molecule has 0 aliphatic carbocycles. The van der Waals surface area contributed by atoms with Crippen molar-refractivity contribution in [3.05, 3.63) is 0 Å². The molecule has 0 aromatic rings. The number of nitrogens with one attached hydrogen (secondary N) is 1.